The minimum Gasteiger partial charge on any atom is -0.491 e. The first-order chi connectivity index (χ1) is 9.70. The Kier molecular flexibility index (Phi) is 6.14. The first kappa shape index (κ1) is 15.6. The van der Waals surface area contributed by atoms with Gasteiger partial charge in [0, 0.05) is 18.6 Å². The van der Waals surface area contributed by atoms with E-state index in [-0.39, 0.29) is 0 Å². The highest BCUT2D eigenvalue weighted by molar-refractivity contribution is 6.32. The number of benzene rings is 1. The average Bonchev–Trinajstić information content (AvgIpc) is 2.47. The summed E-state index contributed by atoms with van der Waals surface area (Å²) in [6, 6.07) is 8.70. The van der Waals surface area contributed by atoms with Gasteiger partial charge in [0.1, 0.15) is 12.4 Å². The van der Waals surface area contributed by atoms with E-state index in [1.807, 2.05) is 24.3 Å². The lowest BCUT2D eigenvalue weighted by molar-refractivity contribution is 0.132. The van der Waals surface area contributed by atoms with Crippen LogP contribution < -0.4 is 10.5 Å². The van der Waals surface area contributed by atoms with Crippen LogP contribution >= 0.6 is 11.6 Å². The summed E-state index contributed by atoms with van der Waals surface area (Å²) in [5.41, 5.74) is 5.97. The third-order valence-corrected chi connectivity index (χ3v) is 4.45. The molecule has 0 radical (unpaired) electrons. The third kappa shape index (κ3) is 4.37. The Morgan fingerprint density at radius 2 is 1.95 bits per heavy atom. The Bertz CT molecular complexity index is 405. The Morgan fingerprint density at radius 3 is 2.60 bits per heavy atom. The summed E-state index contributed by atoms with van der Waals surface area (Å²) in [4.78, 5) is 2.50. The molecule has 20 heavy (non-hydrogen) atoms. The molecule has 0 aromatic heterocycles. The van der Waals surface area contributed by atoms with Gasteiger partial charge in [0.2, 0.25) is 0 Å². The number of halogens is 1. The molecule has 0 aliphatic heterocycles. The van der Waals surface area contributed by atoms with Crippen LogP contribution in [-0.4, -0.2) is 36.7 Å². The minimum absolute atomic E-state index is 0.407. The minimum atomic E-state index is 0.407. The van der Waals surface area contributed by atoms with E-state index in [0.29, 0.717) is 23.7 Å². The van der Waals surface area contributed by atoms with Crippen LogP contribution in [0.1, 0.15) is 32.6 Å². The molecule has 0 spiro atoms. The van der Waals surface area contributed by atoms with Gasteiger partial charge in [-0.25, -0.2) is 0 Å². The molecule has 1 fully saturated rings. The molecule has 0 amide bonds. The van der Waals surface area contributed by atoms with E-state index in [1.54, 1.807) is 0 Å². The van der Waals surface area contributed by atoms with Crippen molar-refractivity contribution in [1.82, 2.24) is 4.90 Å². The van der Waals surface area contributed by atoms with Gasteiger partial charge in [-0.3, -0.25) is 4.90 Å². The van der Waals surface area contributed by atoms with Crippen molar-refractivity contribution in [3.63, 3.8) is 0 Å². The van der Waals surface area contributed by atoms with E-state index in [0.717, 1.165) is 31.7 Å². The highest BCUT2D eigenvalue weighted by atomic mass is 35.5. The van der Waals surface area contributed by atoms with Crippen LogP contribution in [0.15, 0.2) is 24.3 Å². The molecule has 1 saturated carbocycles. The molecule has 112 valence electrons. The molecule has 1 aromatic rings. The number of hydrogen-bond donors (Lipinski definition) is 1. The van der Waals surface area contributed by atoms with E-state index < -0.39 is 0 Å². The molecular weight excluding hydrogens is 272 g/mol. The standard InChI is InChI=1S/C16H25ClN2O/c1-2-19(14-9-7-13(18)8-10-14)11-12-20-16-6-4-3-5-15(16)17/h3-6,13-14H,2,7-12,18H2,1H3. The molecule has 2 rings (SSSR count). The predicted octanol–water partition coefficient (Wildman–Crippen LogP) is 3.31. The molecule has 4 heteroatoms. The molecule has 0 atom stereocenters. The maximum atomic E-state index is 6.09. The third-order valence-electron chi connectivity index (χ3n) is 4.14. The Labute approximate surface area is 127 Å². The molecule has 0 saturated heterocycles. The van der Waals surface area contributed by atoms with Crippen LogP contribution in [0, 0.1) is 0 Å². The zero-order valence-electron chi connectivity index (χ0n) is 12.2. The summed E-state index contributed by atoms with van der Waals surface area (Å²) < 4.78 is 5.78. The zero-order chi connectivity index (χ0) is 14.4. The smallest absolute Gasteiger partial charge is 0.137 e. The van der Waals surface area contributed by atoms with Gasteiger partial charge in [-0.2, -0.15) is 0 Å². The second kappa shape index (κ2) is 7.87. The van der Waals surface area contributed by atoms with Crippen LogP contribution in [0.25, 0.3) is 0 Å². The number of nitrogens with zero attached hydrogens (tertiary/aromatic N) is 1. The van der Waals surface area contributed by atoms with Gasteiger partial charge < -0.3 is 10.5 Å². The fourth-order valence-electron chi connectivity index (χ4n) is 2.90. The Balaban J connectivity index is 1.78. The monoisotopic (exact) mass is 296 g/mol. The second-order valence-electron chi connectivity index (χ2n) is 5.48. The Hall–Kier alpha value is -0.770. The van der Waals surface area contributed by atoms with E-state index >= 15 is 0 Å². The topological polar surface area (TPSA) is 38.5 Å². The number of likely N-dealkylation sites (N-methyl/N-ethyl adjacent to an activating group) is 1. The Morgan fingerprint density at radius 1 is 1.25 bits per heavy atom. The van der Waals surface area contributed by atoms with Crippen molar-refractivity contribution in [3.05, 3.63) is 29.3 Å². The highest BCUT2D eigenvalue weighted by Gasteiger charge is 2.23. The second-order valence-corrected chi connectivity index (χ2v) is 5.88. The molecule has 0 heterocycles. The largest absolute Gasteiger partial charge is 0.491 e. The summed E-state index contributed by atoms with van der Waals surface area (Å²) in [7, 11) is 0. The normalized spacial score (nSPS) is 23.0. The molecular formula is C16H25ClN2O. The van der Waals surface area contributed by atoms with Crippen LogP contribution in [0.5, 0.6) is 5.75 Å². The summed E-state index contributed by atoms with van der Waals surface area (Å²) in [6.45, 7) is 4.90. The molecule has 0 bridgehead atoms. The molecule has 2 N–H and O–H groups in total. The highest BCUT2D eigenvalue weighted by Crippen LogP contribution is 2.24. The van der Waals surface area contributed by atoms with Crippen molar-refractivity contribution < 1.29 is 4.74 Å². The maximum Gasteiger partial charge on any atom is 0.137 e. The van der Waals surface area contributed by atoms with Gasteiger partial charge >= 0.3 is 0 Å². The van der Waals surface area contributed by atoms with Crippen molar-refractivity contribution in [2.24, 2.45) is 5.73 Å². The van der Waals surface area contributed by atoms with Crippen LogP contribution in [0.2, 0.25) is 5.02 Å². The number of nitrogens with two attached hydrogens (primary N) is 1. The molecule has 1 aromatic carbocycles. The number of para-hydroxylation sites is 1. The molecule has 1 aliphatic rings. The first-order valence-electron chi connectivity index (χ1n) is 7.57. The molecule has 3 nitrogen and oxygen atoms in total. The maximum absolute atomic E-state index is 6.09. The van der Waals surface area contributed by atoms with Crippen molar-refractivity contribution >= 4 is 11.6 Å². The number of hydrogen-bond acceptors (Lipinski definition) is 3. The quantitative estimate of drug-likeness (QED) is 0.875. The fraction of sp³-hybridized carbons (Fsp3) is 0.625. The molecule has 1 aliphatic carbocycles. The summed E-state index contributed by atoms with van der Waals surface area (Å²) in [5, 5.41) is 0.680. The van der Waals surface area contributed by atoms with E-state index in [2.05, 4.69) is 11.8 Å². The van der Waals surface area contributed by atoms with Crippen molar-refractivity contribution in [2.75, 3.05) is 19.7 Å². The number of rotatable bonds is 6. The van der Waals surface area contributed by atoms with Gasteiger partial charge in [0.25, 0.3) is 0 Å². The van der Waals surface area contributed by atoms with Gasteiger partial charge in [0.05, 0.1) is 5.02 Å². The van der Waals surface area contributed by atoms with Crippen LogP contribution in [0.3, 0.4) is 0 Å². The average molecular weight is 297 g/mol. The lowest BCUT2D eigenvalue weighted by Crippen LogP contribution is -2.42. The van der Waals surface area contributed by atoms with E-state index in [9.17, 15) is 0 Å². The first-order valence-corrected chi connectivity index (χ1v) is 7.95. The van der Waals surface area contributed by atoms with Crippen LogP contribution in [-0.2, 0) is 0 Å². The van der Waals surface area contributed by atoms with Gasteiger partial charge in [-0.1, -0.05) is 30.7 Å². The lowest BCUT2D eigenvalue weighted by atomic mass is 9.91. The van der Waals surface area contributed by atoms with Gasteiger partial charge in [-0.15, -0.1) is 0 Å². The molecule has 0 unspecified atom stereocenters. The van der Waals surface area contributed by atoms with Gasteiger partial charge in [-0.05, 0) is 44.4 Å². The summed E-state index contributed by atoms with van der Waals surface area (Å²) in [5.74, 6) is 0.774. The predicted molar refractivity (Wildman–Crippen MR) is 84.4 cm³/mol. The number of ether oxygens (including phenoxy) is 1. The SMILES string of the molecule is CCN(CCOc1ccccc1Cl)C1CCC(N)CC1. The van der Waals surface area contributed by atoms with E-state index in [1.165, 1.54) is 12.8 Å². The van der Waals surface area contributed by atoms with Crippen molar-refractivity contribution in [1.29, 1.82) is 0 Å². The van der Waals surface area contributed by atoms with E-state index in [4.69, 9.17) is 22.1 Å². The van der Waals surface area contributed by atoms with Gasteiger partial charge in [0.15, 0.2) is 0 Å². The van der Waals surface area contributed by atoms with Crippen molar-refractivity contribution in [2.45, 2.75) is 44.7 Å². The fourth-order valence-corrected chi connectivity index (χ4v) is 3.09. The summed E-state index contributed by atoms with van der Waals surface area (Å²) in [6.07, 6.45) is 4.71. The van der Waals surface area contributed by atoms with Crippen LogP contribution in [0.4, 0.5) is 0 Å². The van der Waals surface area contributed by atoms with Crippen molar-refractivity contribution in [3.8, 4) is 5.75 Å². The zero-order valence-corrected chi connectivity index (χ0v) is 13.0. The lowest BCUT2D eigenvalue weighted by Gasteiger charge is -2.35. The summed E-state index contributed by atoms with van der Waals surface area (Å²) >= 11 is 6.09.